The number of ether oxygens (including phenoxy) is 1. The Morgan fingerprint density at radius 1 is 1.26 bits per heavy atom. The van der Waals surface area contributed by atoms with Crippen molar-refractivity contribution in [3.05, 3.63) is 35.4 Å². The Hall–Kier alpha value is -2.04. The summed E-state index contributed by atoms with van der Waals surface area (Å²) in [6.45, 7) is 7.74. The van der Waals surface area contributed by atoms with E-state index in [0.717, 1.165) is 11.1 Å². The number of aliphatic carboxylic acids is 1. The molecule has 23 heavy (non-hydrogen) atoms. The van der Waals surface area contributed by atoms with Crippen LogP contribution in [0.15, 0.2) is 24.3 Å². The third kappa shape index (κ3) is 3.84. The molecule has 1 atom stereocenters. The van der Waals surface area contributed by atoms with Crippen molar-refractivity contribution in [3.8, 4) is 0 Å². The third-order valence-electron chi connectivity index (χ3n) is 4.12. The van der Waals surface area contributed by atoms with E-state index in [1.165, 1.54) is 4.90 Å². The third-order valence-corrected chi connectivity index (χ3v) is 4.12. The summed E-state index contributed by atoms with van der Waals surface area (Å²) in [5.74, 6) is -0.971. The zero-order chi connectivity index (χ0) is 17.3. The van der Waals surface area contributed by atoms with E-state index in [9.17, 15) is 14.7 Å². The van der Waals surface area contributed by atoms with E-state index in [-0.39, 0.29) is 0 Å². The molecule has 1 fully saturated rings. The lowest BCUT2D eigenvalue weighted by molar-refractivity contribution is -0.149. The summed E-state index contributed by atoms with van der Waals surface area (Å²) in [6, 6.07) is 7.76. The SMILES string of the molecule is Cc1ccc(C[C@@]2(C(=O)O)CCCN2C(=O)OC(C)(C)C)cc1. The zero-order valence-electron chi connectivity index (χ0n) is 14.3. The minimum Gasteiger partial charge on any atom is -0.479 e. The van der Waals surface area contributed by atoms with Crippen molar-refractivity contribution < 1.29 is 19.4 Å². The lowest BCUT2D eigenvalue weighted by atomic mass is 9.88. The van der Waals surface area contributed by atoms with E-state index in [1.807, 2.05) is 31.2 Å². The van der Waals surface area contributed by atoms with E-state index >= 15 is 0 Å². The number of aryl methyl sites for hydroxylation is 1. The van der Waals surface area contributed by atoms with E-state index < -0.39 is 23.2 Å². The van der Waals surface area contributed by atoms with E-state index in [0.29, 0.717) is 25.8 Å². The standard InChI is InChI=1S/C18H25NO4/c1-13-6-8-14(9-7-13)12-18(15(20)21)10-5-11-19(18)16(22)23-17(2,3)4/h6-9H,5,10-12H2,1-4H3,(H,20,21)/t18-/m1/s1. The van der Waals surface area contributed by atoms with Crippen LogP contribution in [0.25, 0.3) is 0 Å². The van der Waals surface area contributed by atoms with Crippen LogP contribution in [0.4, 0.5) is 4.79 Å². The molecule has 0 spiro atoms. The molecule has 1 aliphatic rings. The molecule has 1 N–H and O–H groups in total. The fourth-order valence-electron chi connectivity index (χ4n) is 2.99. The van der Waals surface area contributed by atoms with Crippen LogP contribution in [0.1, 0.15) is 44.7 Å². The number of hydrogen-bond donors (Lipinski definition) is 1. The topological polar surface area (TPSA) is 66.8 Å². The number of carbonyl (C=O) groups is 2. The van der Waals surface area contributed by atoms with E-state index in [1.54, 1.807) is 20.8 Å². The van der Waals surface area contributed by atoms with Gasteiger partial charge in [-0.25, -0.2) is 9.59 Å². The van der Waals surface area contributed by atoms with Gasteiger partial charge in [-0.2, -0.15) is 0 Å². The molecular formula is C18H25NO4. The van der Waals surface area contributed by atoms with Gasteiger partial charge < -0.3 is 9.84 Å². The minimum atomic E-state index is -1.22. The molecule has 0 aliphatic carbocycles. The van der Waals surface area contributed by atoms with Crippen LogP contribution >= 0.6 is 0 Å². The van der Waals surface area contributed by atoms with Crippen molar-refractivity contribution in [2.24, 2.45) is 0 Å². The highest BCUT2D eigenvalue weighted by Crippen LogP contribution is 2.34. The fourth-order valence-corrected chi connectivity index (χ4v) is 2.99. The van der Waals surface area contributed by atoms with Crippen molar-refractivity contribution in [2.75, 3.05) is 6.54 Å². The Morgan fingerprint density at radius 2 is 1.87 bits per heavy atom. The van der Waals surface area contributed by atoms with Gasteiger partial charge in [0.1, 0.15) is 11.1 Å². The van der Waals surface area contributed by atoms with Gasteiger partial charge in [0.25, 0.3) is 0 Å². The first kappa shape index (κ1) is 17.3. The molecule has 1 heterocycles. The number of rotatable bonds is 3. The van der Waals surface area contributed by atoms with Gasteiger partial charge in [0, 0.05) is 13.0 Å². The van der Waals surface area contributed by atoms with Gasteiger partial charge in [-0.3, -0.25) is 4.90 Å². The number of carboxylic acid groups (broad SMARTS) is 1. The lowest BCUT2D eigenvalue weighted by Gasteiger charge is -2.36. The minimum absolute atomic E-state index is 0.294. The molecule has 126 valence electrons. The van der Waals surface area contributed by atoms with Crippen molar-refractivity contribution >= 4 is 12.1 Å². The van der Waals surface area contributed by atoms with Gasteiger partial charge in [0.05, 0.1) is 0 Å². The van der Waals surface area contributed by atoms with E-state index in [2.05, 4.69) is 0 Å². The molecule has 5 heteroatoms. The number of amides is 1. The Bertz CT molecular complexity index is 588. The van der Waals surface area contributed by atoms with Crippen molar-refractivity contribution in [1.82, 2.24) is 4.90 Å². The van der Waals surface area contributed by atoms with Crippen LogP contribution < -0.4 is 0 Å². The first-order valence-corrected chi connectivity index (χ1v) is 7.94. The number of likely N-dealkylation sites (tertiary alicyclic amines) is 1. The molecule has 0 unspecified atom stereocenters. The van der Waals surface area contributed by atoms with Crippen LogP contribution in [-0.4, -0.2) is 39.8 Å². The van der Waals surface area contributed by atoms with Gasteiger partial charge in [-0.05, 0) is 46.1 Å². The van der Waals surface area contributed by atoms with Crippen molar-refractivity contribution in [1.29, 1.82) is 0 Å². The maximum atomic E-state index is 12.5. The summed E-state index contributed by atoms with van der Waals surface area (Å²) in [4.78, 5) is 25.9. The Balaban J connectivity index is 2.29. The predicted octanol–water partition coefficient (Wildman–Crippen LogP) is 3.39. The zero-order valence-corrected chi connectivity index (χ0v) is 14.3. The first-order chi connectivity index (χ1) is 10.6. The van der Waals surface area contributed by atoms with Crippen LogP contribution in [0.3, 0.4) is 0 Å². The highest BCUT2D eigenvalue weighted by molar-refractivity contribution is 5.85. The summed E-state index contributed by atoms with van der Waals surface area (Å²) in [5.41, 5.74) is 0.160. The van der Waals surface area contributed by atoms with Gasteiger partial charge in [0.15, 0.2) is 0 Å². The Morgan fingerprint density at radius 3 is 2.39 bits per heavy atom. The molecular weight excluding hydrogens is 294 g/mol. The molecule has 1 aliphatic heterocycles. The molecule has 1 aromatic carbocycles. The van der Waals surface area contributed by atoms with Gasteiger partial charge in [0.2, 0.25) is 0 Å². The predicted molar refractivity (Wildman–Crippen MR) is 87.4 cm³/mol. The molecule has 1 aromatic rings. The van der Waals surface area contributed by atoms with Gasteiger partial charge in [-0.1, -0.05) is 29.8 Å². The van der Waals surface area contributed by atoms with Crippen molar-refractivity contribution in [3.63, 3.8) is 0 Å². The second-order valence-corrected chi connectivity index (χ2v) is 7.23. The molecule has 0 aromatic heterocycles. The van der Waals surface area contributed by atoms with Gasteiger partial charge in [-0.15, -0.1) is 0 Å². The second-order valence-electron chi connectivity index (χ2n) is 7.23. The monoisotopic (exact) mass is 319 g/mol. The van der Waals surface area contributed by atoms with Gasteiger partial charge >= 0.3 is 12.1 Å². The molecule has 1 saturated heterocycles. The molecule has 0 saturated carbocycles. The maximum Gasteiger partial charge on any atom is 0.411 e. The summed E-state index contributed by atoms with van der Waals surface area (Å²) >= 11 is 0. The molecule has 5 nitrogen and oxygen atoms in total. The Kier molecular flexibility index (Phi) is 4.68. The summed E-state index contributed by atoms with van der Waals surface area (Å²) in [6.07, 6.45) is 0.846. The molecule has 1 amide bonds. The maximum absolute atomic E-state index is 12.5. The normalized spacial score (nSPS) is 21.3. The molecule has 2 rings (SSSR count). The molecule has 0 radical (unpaired) electrons. The average Bonchev–Trinajstić information content (AvgIpc) is 2.84. The Labute approximate surface area is 137 Å². The summed E-state index contributed by atoms with van der Waals surface area (Å²) < 4.78 is 5.41. The lowest BCUT2D eigenvalue weighted by Crippen LogP contribution is -2.55. The van der Waals surface area contributed by atoms with Crippen LogP contribution in [-0.2, 0) is 16.0 Å². The van der Waals surface area contributed by atoms with Crippen LogP contribution in [0.2, 0.25) is 0 Å². The molecule has 0 bridgehead atoms. The van der Waals surface area contributed by atoms with E-state index in [4.69, 9.17) is 4.74 Å². The number of carboxylic acids is 1. The smallest absolute Gasteiger partial charge is 0.411 e. The van der Waals surface area contributed by atoms with Crippen molar-refractivity contribution in [2.45, 2.75) is 58.1 Å². The quantitative estimate of drug-likeness (QED) is 0.927. The van der Waals surface area contributed by atoms with Crippen LogP contribution in [0, 0.1) is 6.92 Å². The average molecular weight is 319 g/mol. The highest BCUT2D eigenvalue weighted by Gasteiger charge is 2.51. The second kappa shape index (κ2) is 6.22. The number of nitrogens with zero attached hydrogens (tertiary/aromatic N) is 1. The fraction of sp³-hybridized carbons (Fsp3) is 0.556. The highest BCUT2D eigenvalue weighted by atomic mass is 16.6. The first-order valence-electron chi connectivity index (χ1n) is 7.94. The summed E-state index contributed by atoms with van der Waals surface area (Å²) in [5, 5.41) is 9.85. The largest absolute Gasteiger partial charge is 0.479 e. The summed E-state index contributed by atoms with van der Waals surface area (Å²) in [7, 11) is 0. The number of carbonyl (C=O) groups excluding carboxylic acids is 1. The van der Waals surface area contributed by atoms with Crippen LogP contribution in [0.5, 0.6) is 0 Å². The number of benzene rings is 1. The number of hydrogen-bond acceptors (Lipinski definition) is 3.